The lowest BCUT2D eigenvalue weighted by atomic mass is 10.2. The van der Waals surface area contributed by atoms with Crippen molar-refractivity contribution in [2.24, 2.45) is 0 Å². The number of nitriles is 1. The first-order valence-corrected chi connectivity index (χ1v) is 8.18. The number of carbonyl (C=O) groups is 2. The monoisotopic (exact) mass is 360 g/mol. The Balaban J connectivity index is 1.54. The quantitative estimate of drug-likeness (QED) is 0.681. The van der Waals surface area contributed by atoms with E-state index in [1.54, 1.807) is 41.2 Å². The summed E-state index contributed by atoms with van der Waals surface area (Å²) >= 11 is 0. The zero-order valence-corrected chi connectivity index (χ0v) is 14.3. The van der Waals surface area contributed by atoms with E-state index in [2.05, 4.69) is 10.4 Å². The topological polar surface area (TPSA) is 97.0 Å². The number of esters is 1. The van der Waals surface area contributed by atoms with Gasteiger partial charge in [-0.15, -0.1) is 0 Å². The first-order valence-electron chi connectivity index (χ1n) is 8.18. The second kappa shape index (κ2) is 8.45. The van der Waals surface area contributed by atoms with Crippen molar-refractivity contribution in [3.05, 3.63) is 78.1 Å². The van der Waals surface area contributed by atoms with E-state index in [9.17, 15) is 9.59 Å². The fourth-order valence-corrected chi connectivity index (χ4v) is 2.37. The zero-order chi connectivity index (χ0) is 19.1. The van der Waals surface area contributed by atoms with Gasteiger partial charge in [0.05, 0.1) is 17.3 Å². The van der Waals surface area contributed by atoms with Gasteiger partial charge >= 0.3 is 5.97 Å². The summed E-state index contributed by atoms with van der Waals surface area (Å²) in [6, 6.07) is 17.5. The van der Waals surface area contributed by atoms with Gasteiger partial charge in [-0.1, -0.05) is 12.1 Å². The molecule has 0 unspecified atom stereocenters. The molecule has 1 heterocycles. The fraction of sp³-hybridized carbons (Fsp3) is 0.100. The maximum absolute atomic E-state index is 12.1. The molecule has 7 heteroatoms. The minimum atomic E-state index is -0.457. The third-order valence-corrected chi connectivity index (χ3v) is 3.72. The molecular formula is C20H16N4O3. The van der Waals surface area contributed by atoms with Crippen LogP contribution in [0.25, 0.3) is 5.69 Å². The van der Waals surface area contributed by atoms with Crippen LogP contribution >= 0.6 is 0 Å². The lowest BCUT2D eigenvalue weighted by molar-refractivity contribution is -0.115. The number of carbonyl (C=O) groups excluding carboxylic acids is 2. The Labute approximate surface area is 155 Å². The van der Waals surface area contributed by atoms with E-state index in [0.717, 1.165) is 11.3 Å². The molecule has 1 aromatic heterocycles. The van der Waals surface area contributed by atoms with Crippen LogP contribution in [0.15, 0.2) is 67.0 Å². The molecule has 0 aliphatic heterocycles. The molecule has 3 rings (SSSR count). The molecule has 1 amide bonds. The summed E-state index contributed by atoms with van der Waals surface area (Å²) in [5.74, 6) is -0.854. The number of rotatable bonds is 6. The van der Waals surface area contributed by atoms with E-state index in [-0.39, 0.29) is 13.0 Å². The van der Waals surface area contributed by atoms with Gasteiger partial charge in [-0.2, -0.15) is 10.4 Å². The van der Waals surface area contributed by atoms with Crippen molar-refractivity contribution in [1.82, 2.24) is 9.78 Å². The predicted molar refractivity (Wildman–Crippen MR) is 98.0 cm³/mol. The SMILES string of the molecule is N#CCC(=O)Nc1ccc(C(=O)OCc2ccc(-n3cccn3)cc2)cc1. The molecule has 27 heavy (non-hydrogen) atoms. The Bertz CT molecular complexity index is 956. The van der Waals surface area contributed by atoms with Crippen LogP contribution in [0.3, 0.4) is 0 Å². The van der Waals surface area contributed by atoms with Crippen molar-refractivity contribution in [3.8, 4) is 11.8 Å². The number of hydrogen-bond acceptors (Lipinski definition) is 5. The number of nitrogens with one attached hydrogen (secondary N) is 1. The summed E-state index contributed by atoms with van der Waals surface area (Å²) in [4.78, 5) is 23.5. The van der Waals surface area contributed by atoms with Gasteiger partial charge in [-0.25, -0.2) is 9.48 Å². The van der Waals surface area contributed by atoms with Gasteiger partial charge in [-0.05, 0) is 48.0 Å². The third-order valence-electron chi connectivity index (χ3n) is 3.72. The largest absolute Gasteiger partial charge is 0.457 e. The number of hydrogen-bond donors (Lipinski definition) is 1. The van der Waals surface area contributed by atoms with Crippen LogP contribution in [0.2, 0.25) is 0 Å². The molecule has 0 radical (unpaired) electrons. The van der Waals surface area contributed by atoms with Crippen molar-refractivity contribution in [3.63, 3.8) is 0 Å². The molecule has 0 atom stereocenters. The lowest BCUT2D eigenvalue weighted by Gasteiger charge is -2.07. The van der Waals surface area contributed by atoms with E-state index >= 15 is 0 Å². The number of benzene rings is 2. The van der Waals surface area contributed by atoms with Crippen LogP contribution in [-0.2, 0) is 16.1 Å². The molecule has 0 saturated heterocycles. The molecule has 1 N–H and O–H groups in total. The Morgan fingerprint density at radius 1 is 1.11 bits per heavy atom. The van der Waals surface area contributed by atoms with Crippen LogP contribution < -0.4 is 5.32 Å². The standard InChI is InChI=1S/C20H16N4O3/c21-11-10-19(25)23-17-6-4-16(5-7-17)20(26)27-14-15-2-8-18(9-3-15)24-13-1-12-22-24/h1-9,12-13H,10,14H2,(H,23,25). The maximum atomic E-state index is 12.1. The summed E-state index contributed by atoms with van der Waals surface area (Å²) in [6.45, 7) is 0.152. The molecule has 0 fully saturated rings. The first-order chi connectivity index (χ1) is 13.2. The molecule has 0 spiro atoms. The van der Waals surface area contributed by atoms with Crippen molar-refractivity contribution in [2.75, 3.05) is 5.32 Å². The van der Waals surface area contributed by atoms with Crippen LogP contribution in [0.5, 0.6) is 0 Å². The lowest BCUT2D eigenvalue weighted by Crippen LogP contribution is -2.10. The summed E-state index contributed by atoms with van der Waals surface area (Å²) < 4.78 is 7.06. The van der Waals surface area contributed by atoms with E-state index in [1.807, 2.05) is 36.5 Å². The number of ether oxygens (including phenoxy) is 1. The molecule has 0 aliphatic rings. The average molecular weight is 360 g/mol. The summed E-state index contributed by atoms with van der Waals surface area (Å²) in [6.07, 6.45) is 3.33. The molecule has 134 valence electrons. The van der Waals surface area contributed by atoms with E-state index in [4.69, 9.17) is 10.00 Å². The summed E-state index contributed by atoms with van der Waals surface area (Å²) in [5.41, 5.74) is 2.67. The smallest absolute Gasteiger partial charge is 0.338 e. The van der Waals surface area contributed by atoms with Gasteiger partial charge in [0.25, 0.3) is 0 Å². The first kappa shape index (κ1) is 17.9. The molecular weight excluding hydrogens is 344 g/mol. The normalized spacial score (nSPS) is 10.0. The molecule has 7 nitrogen and oxygen atoms in total. The van der Waals surface area contributed by atoms with Crippen LogP contribution in [-0.4, -0.2) is 21.7 Å². The molecule has 0 bridgehead atoms. The highest BCUT2D eigenvalue weighted by Gasteiger charge is 2.08. The van der Waals surface area contributed by atoms with E-state index in [0.29, 0.717) is 11.3 Å². The summed E-state index contributed by atoms with van der Waals surface area (Å²) in [5, 5.41) is 15.2. The highest BCUT2D eigenvalue weighted by atomic mass is 16.5. The minimum Gasteiger partial charge on any atom is -0.457 e. The minimum absolute atomic E-state index is 0.152. The van der Waals surface area contributed by atoms with Gasteiger partial charge in [0, 0.05) is 18.1 Å². The Morgan fingerprint density at radius 2 is 1.85 bits per heavy atom. The highest BCUT2D eigenvalue weighted by molar-refractivity contribution is 5.93. The number of aromatic nitrogens is 2. The fourth-order valence-electron chi connectivity index (χ4n) is 2.37. The second-order valence-electron chi connectivity index (χ2n) is 5.65. The van der Waals surface area contributed by atoms with Gasteiger partial charge in [0.1, 0.15) is 13.0 Å². The third kappa shape index (κ3) is 4.80. The van der Waals surface area contributed by atoms with Gasteiger partial charge in [-0.3, -0.25) is 4.79 Å². The van der Waals surface area contributed by atoms with E-state index < -0.39 is 11.9 Å². The Morgan fingerprint density at radius 3 is 2.48 bits per heavy atom. The van der Waals surface area contributed by atoms with Crippen LogP contribution in [0.1, 0.15) is 22.3 Å². The molecule has 0 saturated carbocycles. The second-order valence-corrected chi connectivity index (χ2v) is 5.65. The maximum Gasteiger partial charge on any atom is 0.338 e. The van der Waals surface area contributed by atoms with Crippen LogP contribution in [0, 0.1) is 11.3 Å². The van der Waals surface area contributed by atoms with Gasteiger partial charge in [0.15, 0.2) is 0 Å². The number of nitrogens with zero attached hydrogens (tertiary/aromatic N) is 3. The zero-order valence-electron chi connectivity index (χ0n) is 14.3. The molecule has 2 aromatic carbocycles. The van der Waals surface area contributed by atoms with Crippen molar-refractivity contribution >= 4 is 17.6 Å². The predicted octanol–water partition coefficient (Wildman–Crippen LogP) is 3.08. The van der Waals surface area contributed by atoms with Crippen LogP contribution in [0.4, 0.5) is 5.69 Å². The van der Waals surface area contributed by atoms with E-state index in [1.165, 1.54) is 0 Å². The summed E-state index contributed by atoms with van der Waals surface area (Å²) in [7, 11) is 0. The highest BCUT2D eigenvalue weighted by Crippen LogP contribution is 2.13. The number of anilines is 1. The van der Waals surface area contributed by atoms with Crippen molar-refractivity contribution < 1.29 is 14.3 Å². The average Bonchev–Trinajstić information content (AvgIpc) is 3.22. The Kier molecular flexibility index (Phi) is 5.60. The molecule has 0 aliphatic carbocycles. The van der Waals surface area contributed by atoms with Gasteiger partial charge in [0.2, 0.25) is 5.91 Å². The van der Waals surface area contributed by atoms with Crippen molar-refractivity contribution in [1.29, 1.82) is 5.26 Å². The van der Waals surface area contributed by atoms with Crippen molar-refractivity contribution in [2.45, 2.75) is 13.0 Å². The van der Waals surface area contributed by atoms with Gasteiger partial charge < -0.3 is 10.1 Å². The Hall–Kier alpha value is -3.92. The number of amides is 1. The molecule has 3 aromatic rings.